The van der Waals surface area contributed by atoms with E-state index in [9.17, 15) is 13.2 Å². The second-order valence-corrected chi connectivity index (χ2v) is 22.3. The van der Waals surface area contributed by atoms with Crippen LogP contribution in [0.2, 0.25) is 0 Å². The molecule has 8 heterocycles. The molecule has 4 aliphatic rings. The Hall–Kier alpha value is -4.66. The Kier molecular flexibility index (Phi) is 15.3. The maximum Gasteiger partial charge on any atom is 0.237 e. The number of carbonyl (C=O) groups is 1. The molecule has 362 valence electrons. The quantitative estimate of drug-likeness (QED) is 0.107. The number of halogens is 2. The number of ether oxygens (including phenoxy) is 4. The van der Waals surface area contributed by atoms with Crippen LogP contribution in [-0.2, 0) is 27.9 Å². The minimum absolute atomic E-state index is 0.203. The van der Waals surface area contributed by atoms with E-state index in [-0.39, 0.29) is 12.5 Å². The number of amides is 1. The first kappa shape index (κ1) is 48.4. The molecule has 0 spiro atoms. The van der Waals surface area contributed by atoms with Crippen molar-refractivity contribution in [2.75, 3.05) is 76.9 Å². The highest BCUT2D eigenvalue weighted by atomic mass is 79.9. The van der Waals surface area contributed by atoms with Crippen LogP contribution in [0.15, 0.2) is 66.0 Å². The Morgan fingerprint density at radius 2 is 1.16 bits per heavy atom. The molecule has 0 bridgehead atoms. The lowest BCUT2D eigenvalue weighted by Crippen LogP contribution is -2.44. The van der Waals surface area contributed by atoms with Crippen molar-refractivity contribution in [2.24, 2.45) is 11.8 Å². The van der Waals surface area contributed by atoms with Crippen molar-refractivity contribution in [2.45, 2.75) is 71.7 Å². The fourth-order valence-electron chi connectivity index (χ4n) is 8.44. The molecule has 2 saturated heterocycles. The second kappa shape index (κ2) is 21.5. The molecule has 6 N–H and O–H groups in total. The number of anilines is 2. The Morgan fingerprint density at radius 3 is 1.62 bits per heavy atom. The number of sulfonamides is 1. The molecule has 4 aliphatic heterocycles. The van der Waals surface area contributed by atoms with Crippen LogP contribution in [0.4, 0.5) is 11.6 Å². The van der Waals surface area contributed by atoms with Crippen LogP contribution < -0.4 is 40.5 Å². The number of rotatable bonds is 13. The van der Waals surface area contributed by atoms with Crippen LogP contribution in [-0.4, -0.2) is 124 Å². The lowest BCUT2D eigenvalue weighted by molar-refractivity contribution is -0.131. The number of hydrogen-bond acceptors (Lipinski definition) is 18. The van der Waals surface area contributed by atoms with Gasteiger partial charge in [-0.1, -0.05) is 23.5 Å². The molecule has 25 heteroatoms. The van der Waals surface area contributed by atoms with E-state index in [1.54, 1.807) is 16.7 Å². The molecule has 10 rings (SSSR count). The zero-order valence-corrected chi connectivity index (χ0v) is 42.8. The first-order valence-corrected chi connectivity index (χ1v) is 27.4. The standard InChI is InChI=1S/C23H28BrN7O5S2.C20H23BrN6O2S/c1-38(33,34)28-12-19(32)30-5-2-14(3-6-30)4-7-31-22-20(21(25)26-13-27-22)29-23(31)37-18-11-17-16(10-15(18)24)35-8-9-36-17;21-13-9-14-15(29-8-7-28-14)10-16(13)30-20-26-17-18(22)24-11-25-19(17)27(20)6-3-12-1-4-23-5-2-12/h10-11,13-14,28H,2-9,12H2,1H3,(H2,25,26,27);9-12,23H,1-8H2,(H2,22,24,25). The Labute approximate surface area is 418 Å². The highest BCUT2D eigenvalue weighted by Crippen LogP contribution is 2.44. The molecule has 0 atom stereocenters. The van der Waals surface area contributed by atoms with Crippen LogP contribution in [0, 0.1) is 11.8 Å². The van der Waals surface area contributed by atoms with Gasteiger partial charge < -0.3 is 49.8 Å². The van der Waals surface area contributed by atoms with Crippen molar-refractivity contribution in [3.05, 3.63) is 45.9 Å². The number of imidazole rings is 2. The number of fused-ring (bicyclic) bond motifs is 4. The summed E-state index contributed by atoms with van der Waals surface area (Å²) in [4.78, 5) is 42.7. The van der Waals surface area contributed by atoms with Gasteiger partial charge >= 0.3 is 0 Å². The van der Waals surface area contributed by atoms with E-state index in [2.05, 4.69) is 71.0 Å². The zero-order valence-electron chi connectivity index (χ0n) is 37.2. The summed E-state index contributed by atoms with van der Waals surface area (Å²) in [5.74, 6) is 4.54. The maximum absolute atomic E-state index is 12.3. The van der Waals surface area contributed by atoms with Crippen molar-refractivity contribution >= 4 is 105 Å². The first-order valence-electron chi connectivity index (χ1n) is 22.3. The van der Waals surface area contributed by atoms with Crippen molar-refractivity contribution in [3.8, 4) is 23.0 Å². The fourth-order valence-corrected chi connectivity index (χ4v) is 11.8. The monoisotopic (exact) mass is 1120 g/mol. The molecule has 0 unspecified atom stereocenters. The van der Waals surface area contributed by atoms with E-state index in [1.807, 2.05) is 24.3 Å². The normalized spacial score (nSPS) is 16.5. The molecule has 2 fully saturated rings. The van der Waals surface area contributed by atoms with Crippen molar-refractivity contribution in [3.63, 3.8) is 0 Å². The third-order valence-corrected chi connectivity index (χ3v) is 16.7. The maximum atomic E-state index is 12.3. The minimum atomic E-state index is -3.40. The lowest BCUT2D eigenvalue weighted by atomic mass is 9.93. The summed E-state index contributed by atoms with van der Waals surface area (Å²) in [5.41, 5.74) is 14.9. The van der Waals surface area contributed by atoms with Crippen LogP contribution in [0.3, 0.4) is 0 Å². The predicted octanol–water partition coefficient (Wildman–Crippen LogP) is 5.75. The molecular formula is C43H51Br2N13O7S3. The highest BCUT2D eigenvalue weighted by molar-refractivity contribution is 9.10. The van der Waals surface area contributed by atoms with Crippen LogP contribution in [0.25, 0.3) is 22.3 Å². The van der Waals surface area contributed by atoms with Crippen LogP contribution >= 0.6 is 55.4 Å². The Balaban J connectivity index is 0.000000174. The van der Waals surface area contributed by atoms with Gasteiger partial charge in [-0.25, -0.2) is 43.0 Å². The number of aromatic nitrogens is 8. The zero-order chi connectivity index (χ0) is 47.4. The predicted molar refractivity (Wildman–Crippen MR) is 265 cm³/mol. The number of nitrogens with one attached hydrogen (secondary N) is 2. The summed E-state index contributed by atoms with van der Waals surface area (Å²) >= 11 is 10.4. The van der Waals surface area contributed by atoms with Crippen molar-refractivity contribution < 1.29 is 32.2 Å². The third kappa shape index (κ3) is 11.5. The van der Waals surface area contributed by atoms with E-state index in [1.165, 1.54) is 37.3 Å². The summed E-state index contributed by atoms with van der Waals surface area (Å²) < 4.78 is 53.8. The van der Waals surface area contributed by atoms with Crippen LogP contribution in [0.1, 0.15) is 38.5 Å². The number of hydrogen-bond donors (Lipinski definition) is 4. The second-order valence-electron chi connectivity index (χ2n) is 16.7. The highest BCUT2D eigenvalue weighted by Gasteiger charge is 2.26. The summed E-state index contributed by atoms with van der Waals surface area (Å²) in [6, 6.07) is 7.79. The molecule has 0 saturated carbocycles. The molecule has 6 aromatic rings. The Bertz CT molecular complexity index is 2910. The largest absolute Gasteiger partial charge is 0.486 e. The van der Waals surface area contributed by atoms with Gasteiger partial charge in [-0.05, 0) is 120 Å². The van der Waals surface area contributed by atoms with E-state index in [4.69, 9.17) is 40.4 Å². The number of carbonyl (C=O) groups excluding carboxylic acids is 1. The van der Waals surface area contributed by atoms with Gasteiger partial charge in [-0.3, -0.25) is 4.79 Å². The molecule has 68 heavy (non-hydrogen) atoms. The van der Waals surface area contributed by atoms with Gasteiger partial charge in [0.05, 0.1) is 12.8 Å². The number of nitrogens with zero attached hydrogens (tertiary/aromatic N) is 9. The summed E-state index contributed by atoms with van der Waals surface area (Å²) in [6.45, 7) is 6.84. The lowest BCUT2D eigenvalue weighted by Gasteiger charge is -2.32. The SMILES string of the molecule is CS(=O)(=O)NCC(=O)N1CCC(CCn2c(Sc3cc4c(cc3Br)OCCO4)nc3c(N)ncnc32)CC1.Nc1ncnc2c1nc(Sc1cc3c(cc1Br)OCCO3)n2CCC1CCNCC1. The summed E-state index contributed by atoms with van der Waals surface area (Å²) in [7, 11) is -3.40. The number of likely N-dealkylation sites (tertiary alicyclic amines) is 1. The van der Waals surface area contributed by atoms with Crippen molar-refractivity contribution in [1.29, 1.82) is 0 Å². The summed E-state index contributed by atoms with van der Waals surface area (Å²) in [6.07, 6.45) is 10.0. The van der Waals surface area contributed by atoms with Gasteiger partial charge in [-0.15, -0.1) is 0 Å². The molecule has 20 nitrogen and oxygen atoms in total. The Morgan fingerprint density at radius 1 is 0.721 bits per heavy atom. The van der Waals surface area contributed by atoms with Gasteiger partial charge in [0.25, 0.3) is 0 Å². The smallest absolute Gasteiger partial charge is 0.237 e. The molecule has 0 aliphatic carbocycles. The van der Waals surface area contributed by atoms with E-state index >= 15 is 0 Å². The number of benzene rings is 2. The molecule has 4 aromatic heterocycles. The number of piperidine rings is 2. The number of nitrogen functional groups attached to an aromatic ring is 2. The van der Waals surface area contributed by atoms with E-state index in [0.717, 1.165) is 97.8 Å². The fraction of sp³-hybridized carbons (Fsp3) is 0.465. The number of nitrogens with two attached hydrogens (primary N) is 2. The van der Waals surface area contributed by atoms with Crippen molar-refractivity contribution in [1.82, 2.24) is 54.0 Å². The molecule has 0 radical (unpaired) electrons. The topological polar surface area (TPSA) is 255 Å². The van der Waals surface area contributed by atoms with Gasteiger partial charge in [-0.2, -0.15) is 0 Å². The minimum Gasteiger partial charge on any atom is -0.486 e. The molecule has 1 amide bonds. The van der Waals surface area contributed by atoms with Crippen LogP contribution in [0.5, 0.6) is 23.0 Å². The molecular weight excluding hydrogens is 1070 g/mol. The van der Waals surface area contributed by atoms with Gasteiger partial charge in [0.15, 0.2) is 67.3 Å². The number of aryl methyl sites for hydroxylation is 2. The van der Waals surface area contributed by atoms with E-state index in [0.29, 0.717) is 97.7 Å². The van der Waals surface area contributed by atoms with Gasteiger partial charge in [0.1, 0.15) is 39.1 Å². The van der Waals surface area contributed by atoms with Gasteiger partial charge in [0.2, 0.25) is 15.9 Å². The molecule has 2 aromatic carbocycles. The van der Waals surface area contributed by atoms with E-state index < -0.39 is 10.0 Å². The third-order valence-electron chi connectivity index (χ3n) is 12.1. The van der Waals surface area contributed by atoms with Gasteiger partial charge in [0, 0.05) is 44.9 Å². The average molecular weight is 1120 g/mol. The first-order chi connectivity index (χ1) is 32.9. The summed E-state index contributed by atoms with van der Waals surface area (Å²) in [5, 5.41) is 5.02. The average Bonchev–Trinajstić information content (AvgIpc) is 3.88.